The van der Waals surface area contributed by atoms with Crippen LogP contribution in [0.1, 0.15) is 23.6 Å². The van der Waals surface area contributed by atoms with Gasteiger partial charge in [-0.05, 0) is 72.3 Å². The molecule has 0 atom stereocenters. The third kappa shape index (κ3) is 5.14. The number of nitrogens with one attached hydrogen (secondary N) is 1. The highest BCUT2D eigenvalue weighted by molar-refractivity contribution is 8.19. The minimum Gasteiger partial charge on any atom is -0.508 e. The van der Waals surface area contributed by atoms with E-state index in [4.69, 9.17) is 4.99 Å². The van der Waals surface area contributed by atoms with Gasteiger partial charge < -0.3 is 15.3 Å². The first-order valence-corrected chi connectivity index (χ1v) is 13.7. The van der Waals surface area contributed by atoms with Crippen LogP contribution in [-0.2, 0) is 11.3 Å². The Morgan fingerprint density at radius 3 is 2.55 bits per heavy atom. The number of aromatic hydroxyl groups is 1. The van der Waals surface area contributed by atoms with Gasteiger partial charge in [-0.15, -0.1) is 0 Å². The molecule has 7 nitrogen and oxygen atoms in total. The lowest BCUT2D eigenvalue weighted by Crippen LogP contribution is -2.29. The highest BCUT2D eigenvalue weighted by Crippen LogP contribution is 2.46. The molecule has 2 aliphatic heterocycles. The normalized spacial score (nSPS) is 18.2. The summed E-state index contributed by atoms with van der Waals surface area (Å²) in [5.74, 6) is 0.0892. The highest BCUT2D eigenvalue weighted by Gasteiger charge is 2.38. The summed E-state index contributed by atoms with van der Waals surface area (Å²) in [6.07, 6.45) is 0. The number of phenolic OH excluding ortho intramolecular Hbond substituents is 1. The second-order valence-corrected chi connectivity index (χ2v) is 10.4. The van der Waals surface area contributed by atoms with Crippen LogP contribution in [-0.4, -0.2) is 39.6 Å². The Balaban J connectivity index is 1.55. The van der Waals surface area contributed by atoms with E-state index in [0.717, 1.165) is 27.5 Å². The van der Waals surface area contributed by atoms with E-state index < -0.39 is 0 Å². The molecule has 2 aliphatic rings. The van der Waals surface area contributed by atoms with Crippen LogP contribution in [0, 0.1) is 11.3 Å². The molecule has 3 aromatic carbocycles. The van der Waals surface area contributed by atoms with Gasteiger partial charge in [0.1, 0.15) is 10.7 Å². The Hall–Kier alpha value is -4.13. The van der Waals surface area contributed by atoms with Crippen molar-refractivity contribution in [2.45, 2.75) is 13.5 Å². The van der Waals surface area contributed by atoms with Gasteiger partial charge in [-0.25, -0.2) is 4.99 Å². The predicted molar refractivity (Wildman–Crippen MR) is 155 cm³/mol. The van der Waals surface area contributed by atoms with E-state index in [2.05, 4.69) is 11.4 Å². The van der Waals surface area contributed by atoms with Crippen LogP contribution in [0.4, 0.5) is 11.4 Å². The summed E-state index contributed by atoms with van der Waals surface area (Å²) in [4.78, 5) is 23.1. The van der Waals surface area contributed by atoms with Gasteiger partial charge in [0, 0.05) is 19.0 Å². The molecule has 190 valence electrons. The minimum absolute atomic E-state index is 0.117. The summed E-state index contributed by atoms with van der Waals surface area (Å²) >= 11 is 2.84. The van der Waals surface area contributed by atoms with Crippen molar-refractivity contribution in [3.8, 4) is 11.8 Å². The number of aliphatic imine (C=N–C) groups is 1. The molecular weight excluding hydrogens is 514 g/mol. The maximum absolute atomic E-state index is 13.9. The number of anilines is 1. The molecule has 0 bridgehead atoms. The van der Waals surface area contributed by atoms with E-state index in [1.54, 1.807) is 29.2 Å². The number of amidine groups is 1. The molecule has 1 saturated heterocycles. The molecule has 0 radical (unpaired) electrons. The third-order valence-corrected chi connectivity index (χ3v) is 8.30. The van der Waals surface area contributed by atoms with Gasteiger partial charge >= 0.3 is 0 Å². The fourth-order valence-electron chi connectivity index (χ4n) is 4.14. The average Bonchev–Trinajstić information content (AvgIpc) is 3.45. The molecule has 38 heavy (non-hydrogen) atoms. The standard InChI is InChI=1S/C29H25N5O2S2/c1-3-31-23-14-9-20(16-30)15-24(23)32-29-34(17-19-7-5-4-6-8-19)27(36)26(38-29)28-33(2)25(18-37-28)21-10-12-22(35)13-11-21/h4-15,18,31,35H,3,17H2,1-2H3/b28-26-,32-29?. The van der Waals surface area contributed by atoms with Crippen molar-refractivity contribution >= 4 is 51.7 Å². The zero-order valence-corrected chi connectivity index (χ0v) is 22.5. The molecular formula is C29H25N5O2S2. The molecule has 9 heteroatoms. The van der Waals surface area contributed by atoms with Gasteiger partial charge in [0.25, 0.3) is 5.91 Å². The quantitative estimate of drug-likeness (QED) is 0.355. The number of hydrogen-bond acceptors (Lipinski definition) is 8. The molecule has 1 fully saturated rings. The molecule has 2 N–H and O–H groups in total. The molecule has 3 aromatic rings. The second kappa shape index (κ2) is 11.1. The first-order chi connectivity index (χ1) is 18.5. The van der Waals surface area contributed by atoms with Crippen molar-refractivity contribution in [2.75, 3.05) is 18.9 Å². The summed E-state index contributed by atoms with van der Waals surface area (Å²) in [5.41, 5.74) is 4.80. The van der Waals surface area contributed by atoms with Gasteiger partial charge in [0.15, 0.2) is 5.17 Å². The number of phenols is 1. The van der Waals surface area contributed by atoms with Crippen LogP contribution in [0.3, 0.4) is 0 Å². The van der Waals surface area contributed by atoms with Crippen LogP contribution in [0.25, 0.3) is 5.70 Å². The fraction of sp³-hybridized carbons (Fsp3) is 0.138. The van der Waals surface area contributed by atoms with E-state index in [1.165, 1.54) is 23.5 Å². The van der Waals surface area contributed by atoms with Crippen molar-refractivity contribution in [1.29, 1.82) is 5.26 Å². The largest absolute Gasteiger partial charge is 0.508 e. The third-order valence-electron chi connectivity index (χ3n) is 6.06. The average molecular weight is 540 g/mol. The summed E-state index contributed by atoms with van der Waals surface area (Å²) in [6, 6.07) is 24.4. The second-order valence-electron chi connectivity index (χ2n) is 8.61. The van der Waals surface area contributed by atoms with Crippen LogP contribution >= 0.6 is 23.5 Å². The monoisotopic (exact) mass is 539 g/mol. The number of thioether (sulfide) groups is 2. The van der Waals surface area contributed by atoms with Crippen molar-refractivity contribution in [2.24, 2.45) is 4.99 Å². The van der Waals surface area contributed by atoms with Gasteiger partial charge in [-0.2, -0.15) is 5.26 Å². The maximum Gasteiger partial charge on any atom is 0.269 e. The number of amides is 1. The van der Waals surface area contributed by atoms with Crippen molar-refractivity contribution in [1.82, 2.24) is 9.80 Å². The summed E-state index contributed by atoms with van der Waals surface area (Å²) in [5, 5.41) is 25.8. The summed E-state index contributed by atoms with van der Waals surface area (Å²) in [7, 11) is 1.94. The van der Waals surface area contributed by atoms with Crippen molar-refractivity contribution in [3.05, 3.63) is 105 Å². The number of nitriles is 1. The van der Waals surface area contributed by atoms with Crippen LogP contribution in [0.15, 0.2) is 93.1 Å². The lowest BCUT2D eigenvalue weighted by Gasteiger charge is -2.19. The Morgan fingerprint density at radius 2 is 1.84 bits per heavy atom. The van der Waals surface area contributed by atoms with Crippen molar-refractivity contribution < 1.29 is 9.90 Å². The lowest BCUT2D eigenvalue weighted by molar-refractivity contribution is -0.122. The summed E-state index contributed by atoms with van der Waals surface area (Å²) < 4.78 is 0. The number of nitrogens with zero attached hydrogens (tertiary/aromatic N) is 4. The summed E-state index contributed by atoms with van der Waals surface area (Å²) in [6.45, 7) is 3.08. The molecule has 0 aliphatic carbocycles. The lowest BCUT2D eigenvalue weighted by atomic mass is 10.1. The molecule has 2 heterocycles. The van der Waals surface area contributed by atoms with Gasteiger partial charge in [-0.3, -0.25) is 9.69 Å². The maximum atomic E-state index is 13.9. The van der Waals surface area contributed by atoms with Crippen LogP contribution < -0.4 is 5.32 Å². The number of hydrogen-bond donors (Lipinski definition) is 2. The van der Waals surface area contributed by atoms with E-state index in [9.17, 15) is 15.2 Å². The minimum atomic E-state index is -0.117. The predicted octanol–water partition coefficient (Wildman–Crippen LogP) is 6.31. The number of rotatable bonds is 6. The number of carbonyl (C=O) groups excluding carboxylic acids is 1. The zero-order chi connectivity index (χ0) is 26.6. The van der Waals surface area contributed by atoms with Gasteiger partial charge in [-0.1, -0.05) is 42.1 Å². The molecule has 1 amide bonds. The van der Waals surface area contributed by atoms with Gasteiger partial charge in [0.2, 0.25) is 0 Å². The topological polar surface area (TPSA) is 92.0 Å². The van der Waals surface area contributed by atoms with Crippen LogP contribution in [0.5, 0.6) is 5.75 Å². The zero-order valence-electron chi connectivity index (χ0n) is 20.9. The Labute approximate surface area is 230 Å². The molecule has 0 unspecified atom stereocenters. The van der Waals surface area contributed by atoms with E-state index in [1.807, 2.05) is 72.8 Å². The van der Waals surface area contributed by atoms with Crippen molar-refractivity contribution in [3.63, 3.8) is 0 Å². The fourth-order valence-corrected chi connectivity index (χ4v) is 6.38. The molecule has 0 spiro atoms. The van der Waals surface area contributed by atoms with E-state index in [0.29, 0.717) is 34.4 Å². The Morgan fingerprint density at radius 1 is 1.08 bits per heavy atom. The SMILES string of the molecule is CCNc1ccc(C#N)cc1N=C1S/C(=C2\SC=C(c3ccc(O)cc3)N2C)C(=O)N1Cc1ccccc1. The smallest absolute Gasteiger partial charge is 0.269 e. The first-order valence-electron chi connectivity index (χ1n) is 12.0. The Bertz CT molecular complexity index is 1510. The molecule has 0 saturated carbocycles. The molecule has 5 rings (SSSR count). The first kappa shape index (κ1) is 25.5. The Kier molecular flexibility index (Phi) is 7.45. The molecule has 0 aromatic heterocycles. The van der Waals surface area contributed by atoms with Crippen LogP contribution in [0.2, 0.25) is 0 Å². The number of benzene rings is 3. The van der Waals surface area contributed by atoms with Gasteiger partial charge in [0.05, 0.1) is 40.3 Å². The highest BCUT2D eigenvalue weighted by atomic mass is 32.2. The number of carbonyl (C=O) groups is 1. The van der Waals surface area contributed by atoms with E-state index >= 15 is 0 Å². The van der Waals surface area contributed by atoms with E-state index in [-0.39, 0.29) is 11.7 Å².